The van der Waals surface area contributed by atoms with E-state index in [0.29, 0.717) is 16.5 Å². The van der Waals surface area contributed by atoms with Crippen molar-refractivity contribution >= 4 is 46.1 Å². The molecule has 0 spiro atoms. The summed E-state index contributed by atoms with van der Waals surface area (Å²) in [6, 6.07) is 24.6. The van der Waals surface area contributed by atoms with E-state index < -0.39 is 5.60 Å². The van der Waals surface area contributed by atoms with Crippen LogP contribution in [0.1, 0.15) is 67.9 Å². The Labute approximate surface area is 250 Å². The van der Waals surface area contributed by atoms with Crippen LogP contribution in [-0.4, -0.2) is 16.6 Å². The fourth-order valence-corrected chi connectivity index (χ4v) is 5.87. The standard InChI is InChI=1S/C35H31ClN2O2S/c1-35(2,3)40-32(39)18-10-23-7-11-27(12-8-23)33(28-15-13-25(14-16-28)31-21-38-22-41-31)34(26-5-4-6-26)29-17-9-24(20-37)19-30(29)36/h7-19,21-22,26H,4-6H2,1-3H3/b18-10+,34-33+. The van der Waals surface area contributed by atoms with Crippen molar-refractivity contribution in [3.8, 4) is 16.5 Å². The van der Waals surface area contributed by atoms with E-state index in [1.54, 1.807) is 23.5 Å². The summed E-state index contributed by atoms with van der Waals surface area (Å²) in [4.78, 5) is 17.5. The molecule has 41 heavy (non-hydrogen) atoms. The van der Waals surface area contributed by atoms with Crippen LogP contribution in [0.3, 0.4) is 0 Å². The van der Waals surface area contributed by atoms with Gasteiger partial charge in [0, 0.05) is 17.3 Å². The Morgan fingerprint density at radius 3 is 2.27 bits per heavy atom. The molecule has 1 saturated carbocycles. The first-order valence-corrected chi connectivity index (χ1v) is 14.9. The van der Waals surface area contributed by atoms with Gasteiger partial charge < -0.3 is 4.74 Å². The normalized spacial score (nSPS) is 14.3. The second-order valence-electron chi connectivity index (χ2n) is 11.2. The Balaban J connectivity index is 1.61. The van der Waals surface area contributed by atoms with Crippen molar-refractivity contribution in [3.05, 3.63) is 117 Å². The van der Waals surface area contributed by atoms with Gasteiger partial charge in [-0.25, -0.2) is 4.79 Å². The molecule has 206 valence electrons. The lowest BCUT2D eigenvalue weighted by Gasteiger charge is -2.32. The van der Waals surface area contributed by atoms with Crippen molar-refractivity contribution in [1.82, 2.24) is 4.98 Å². The lowest BCUT2D eigenvalue weighted by atomic mass is 9.73. The third-order valence-corrected chi connectivity index (χ3v) is 8.21. The highest BCUT2D eigenvalue weighted by Gasteiger charge is 2.28. The molecule has 0 amide bonds. The molecule has 0 saturated heterocycles. The van der Waals surface area contributed by atoms with Crippen molar-refractivity contribution in [2.45, 2.75) is 45.6 Å². The number of allylic oxidation sites excluding steroid dienone is 1. The minimum absolute atomic E-state index is 0.364. The molecule has 6 heteroatoms. The molecule has 1 heterocycles. The molecule has 1 aliphatic rings. The second kappa shape index (κ2) is 12.3. The molecule has 0 aliphatic heterocycles. The first-order valence-electron chi connectivity index (χ1n) is 13.7. The summed E-state index contributed by atoms with van der Waals surface area (Å²) in [5.41, 5.74) is 9.33. The number of nitrogens with zero attached hydrogens (tertiary/aromatic N) is 2. The lowest BCUT2D eigenvalue weighted by molar-refractivity contribution is -0.148. The molecule has 4 nitrogen and oxygen atoms in total. The number of thiazole rings is 1. The van der Waals surface area contributed by atoms with Gasteiger partial charge in [-0.15, -0.1) is 11.3 Å². The van der Waals surface area contributed by atoms with E-state index in [0.717, 1.165) is 51.1 Å². The number of esters is 1. The van der Waals surface area contributed by atoms with Crippen LogP contribution in [0.2, 0.25) is 5.02 Å². The highest BCUT2D eigenvalue weighted by Crippen LogP contribution is 2.47. The molecular formula is C35H31ClN2O2S. The Hall–Kier alpha value is -3.98. The Kier molecular flexibility index (Phi) is 8.54. The predicted molar refractivity (Wildman–Crippen MR) is 168 cm³/mol. The van der Waals surface area contributed by atoms with Gasteiger partial charge in [-0.05, 0) is 96.7 Å². The van der Waals surface area contributed by atoms with Crippen LogP contribution in [0.25, 0.3) is 27.7 Å². The van der Waals surface area contributed by atoms with Crippen molar-refractivity contribution in [2.24, 2.45) is 5.92 Å². The van der Waals surface area contributed by atoms with Gasteiger partial charge in [0.15, 0.2) is 0 Å². The van der Waals surface area contributed by atoms with E-state index in [-0.39, 0.29) is 5.97 Å². The minimum Gasteiger partial charge on any atom is -0.457 e. The molecule has 5 rings (SSSR count). The lowest BCUT2D eigenvalue weighted by Crippen LogP contribution is -2.22. The van der Waals surface area contributed by atoms with Crippen LogP contribution in [0.4, 0.5) is 0 Å². The van der Waals surface area contributed by atoms with E-state index in [9.17, 15) is 10.1 Å². The topological polar surface area (TPSA) is 63.0 Å². The van der Waals surface area contributed by atoms with Crippen LogP contribution in [0, 0.1) is 17.2 Å². The fraction of sp³-hybridized carbons (Fsp3) is 0.229. The number of rotatable bonds is 7. The summed E-state index contributed by atoms with van der Waals surface area (Å²) >= 11 is 8.46. The average molecular weight is 579 g/mol. The van der Waals surface area contributed by atoms with Gasteiger partial charge in [-0.2, -0.15) is 5.26 Å². The van der Waals surface area contributed by atoms with Gasteiger partial charge in [-0.1, -0.05) is 72.6 Å². The van der Waals surface area contributed by atoms with Crippen LogP contribution in [0.5, 0.6) is 0 Å². The van der Waals surface area contributed by atoms with Crippen LogP contribution in [-0.2, 0) is 9.53 Å². The maximum atomic E-state index is 12.2. The average Bonchev–Trinajstić information content (AvgIpc) is 3.46. The summed E-state index contributed by atoms with van der Waals surface area (Å²) in [6.07, 6.45) is 8.47. The summed E-state index contributed by atoms with van der Waals surface area (Å²) in [5.74, 6) is -0.00531. The molecule has 1 fully saturated rings. The van der Waals surface area contributed by atoms with Gasteiger partial charge in [0.25, 0.3) is 0 Å². The number of ether oxygens (including phenoxy) is 1. The van der Waals surface area contributed by atoms with E-state index in [1.165, 1.54) is 18.1 Å². The number of hydrogen-bond donors (Lipinski definition) is 0. The molecule has 0 unspecified atom stereocenters. The van der Waals surface area contributed by atoms with Crippen LogP contribution < -0.4 is 0 Å². The number of hydrogen-bond acceptors (Lipinski definition) is 5. The molecule has 3 aromatic carbocycles. The summed E-state index contributed by atoms with van der Waals surface area (Å²) < 4.78 is 5.40. The van der Waals surface area contributed by atoms with E-state index >= 15 is 0 Å². The van der Waals surface area contributed by atoms with Gasteiger partial charge >= 0.3 is 5.97 Å². The van der Waals surface area contributed by atoms with E-state index in [1.807, 2.05) is 56.7 Å². The molecule has 1 aromatic heterocycles. The van der Waals surface area contributed by atoms with E-state index in [4.69, 9.17) is 16.3 Å². The number of halogens is 1. The van der Waals surface area contributed by atoms with Crippen LogP contribution >= 0.6 is 22.9 Å². The third-order valence-electron chi connectivity index (χ3n) is 7.08. The fourth-order valence-electron chi connectivity index (χ4n) is 4.96. The van der Waals surface area contributed by atoms with E-state index in [2.05, 4.69) is 47.5 Å². The highest BCUT2D eigenvalue weighted by molar-refractivity contribution is 7.13. The quantitative estimate of drug-likeness (QED) is 0.124. The van der Waals surface area contributed by atoms with Crippen molar-refractivity contribution in [1.29, 1.82) is 5.26 Å². The first-order chi connectivity index (χ1) is 19.7. The van der Waals surface area contributed by atoms with Gasteiger partial charge in [0.2, 0.25) is 0 Å². The maximum Gasteiger partial charge on any atom is 0.331 e. The second-order valence-corrected chi connectivity index (χ2v) is 12.4. The first kappa shape index (κ1) is 28.5. The molecule has 0 radical (unpaired) electrons. The zero-order chi connectivity index (χ0) is 29.0. The smallest absolute Gasteiger partial charge is 0.331 e. The minimum atomic E-state index is -0.537. The SMILES string of the molecule is CC(C)(C)OC(=O)/C=C/c1ccc(/C(=C(\c2ccc(C#N)cc2Cl)C2CCC2)c2ccc(-c3cncs3)cc2)cc1. The van der Waals surface area contributed by atoms with Gasteiger partial charge in [-0.3, -0.25) is 4.98 Å². The van der Waals surface area contributed by atoms with Crippen molar-refractivity contribution < 1.29 is 9.53 Å². The van der Waals surface area contributed by atoms with Crippen molar-refractivity contribution in [2.75, 3.05) is 0 Å². The Morgan fingerprint density at radius 2 is 1.73 bits per heavy atom. The van der Waals surface area contributed by atoms with Crippen LogP contribution in [0.15, 0.2) is 84.5 Å². The van der Waals surface area contributed by atoms with Crippen molar-refractivity contribution in [3.63, 3.8) is 0 Å². The summed E-state index contributed by atoms with van der Waals surface area (Å²) in [5, 5.41) is 10.0. The van der Waals surface area contributed by atoms with Gasteiger partial charge in [0.05, 0.1) is 22.0 Å². The monoisotopic (exact) mass is 578 g/mol. The predicted octanol–water partition coefficient (Wildman–Crippen LogP) is 9.45. The molecule has 0 bridgehead atoms. The largest absolute Gasteiger partial charge is 0.457 e. The number of carbonyl (C=O) groups excluding carboxylic acids is 1. The summed E-state index contributed by atoms with van der Waals surface area (Å²) in [7, 11) is 0. The Morgan fingerprint density at radius 1 is 1.05 bits per heavy atom. The molecule has 0 atom stereocenters. The number of nitriles is 1. The number of aromatic nitrogens is 1. The zero-order valence-electron chi connectivity index (χ0n) is 23.4. The summed E-state index contributed by atoms with van der Waals surface area (Å²) in [6.45, 7) is 5.56. The highest BCUT2D eigenvalue weighted by atomic mass is 35.5. The number of carbonyl (C=O) groups is 1. The zero-order valence-corrected chi connectivity index (χ0v) is 24.9. The molecule has 4 aromatic rings. The molecular weight excluding hydrogens is 548 g/mol. The maximum absolute atomic E-state index is 12.2. The Bertz CT molecular complexity index is 1630. The number of benzene rings is 3. The molecule has 0 N–H and O–H groups in total. The molecule has 1 aliphatic carbocycles. The third kappa shape index (κ3) is 6.85. The van der Waals surface area contributed by atoms with Gasteiger partial charge in [0.1, 0.15) is 5.60 Å².